The highest BCUT2D eigenvalue weighted by molar-refractivity contribution is 9.10. The number of hydrogen-bond donors (Lipinski definition) is 1. The molecule has 0 saturated carbocycles. The van der Waals surface area contributed by atoms with Gasteiger partial charge in [0.1, 0.15) is 0 Å². The number of hydrogen-bond acceptors (Lipinski definition) is 2. The lowest BCUT2D eigenvalue weighted by atomic mass is 10.2. The average Bonchev–Trinajstić information content (AvgIpc) is 2.66. The number of halogens is 2. The highest BCUT2D eigenvalue weighted by Crippen LogP contribution is 2.24. The van der Waals surface area contributed by atoms with Crippen molar-refractivity contribution in [3.8, 4) is 0 Å². The predicted molar refractivity (Wildman–Crippen MR) is 83.9 cm³/mol. The van der Waals surface area contributed by atoms with Gasteiger partial charge < -0.3 is 5.32 Å². The minimum absolute atomic E-state index is 0.719. The Morgan fingerprint density at radius 1 is 1.37 bits per heavy atom. The molecule has 0 spiro atoms. The zero-order valence-corrected chi connectivity index (χ0v) is 13.6. The molecule has 0 aliphatic heterocycles. The molecule has 1 heterocycles. The fraction of sp³-hybridized carbons (Fsp3) is 0.357. The highest BCUT2D eigenvalue weighted by Gasteiger charge is 2.12. The van der Waals surface area contributed by atoms with Crippen LogP contribution in [0.5, 0.6) is 0 Å². The molecule has 1 N–H and O–H groups in total. The van der Waals surface area contributed by atoms with Crippen molar-refractivity contribution in [3.05, 3.63) is 44.6 Å². The summed E-state index contributed by atoms with van der Waals surface area (Å²) < 4.78 is 3.08. The summed E-state index contributed by atoms with van der Waals surface area (Å²) in [5.41, 5.74) is 4.40. The van der Waals surface area contributed by atoms with Crippen molar-refractivity contribution in [2.24, 2.45) is 0 Å². The minimum Gasteiger partial charge on any atom is -0.379 e. The number of rotatable bonds is 4. The second-order valence-corrected chi connectivity index (χ2v) is 5.70. The standard InChI is InChI=1S/C14H17BrClN3/c1-4-19-13(14(15)10(3)18-19)8-17-12-7-11(16)6-5-9(12)2/h5-7,17H,4,8H2,1-3H3. The van der Waals surface area contributed by atoms with E-state index in [1.54, 1.807) is 0 Å². The van der Waals surface area contributed by atoms with Gasteiger partial charge in [-0.25, -0.2) is 0 Å². The first-order chi connectivity index (χ1) is 9.02. The molecular formula is C14H17BrClN3. The van der Waals surface area contributed by atoms with Gasteiger partial charge in [0.25, 0.3) is 0 Å². The molecule has 0 aliphatic rings. The van der Waals surface area contributed by atoms with Crippen LogP contribution in [0, 0.1) is 13.8 Å². The summed E-state index contributed by atoms with van der Waals surface area (Å²) in [6.07, 6.45) is 0. The lowest BCUT2D eigenvalue weighted by Crippen LogP contribution is -2.09. The third kappa shape index (κ3) is 3.12. The zero-order valence-electron chi connectivity index (χ0n) is 11.3. The molecule has 102 valence electrons. The number of aryl methyl sites for hydroxylation is 3. The molecule has 2 aromatic rings. The SMILES string of the molecule is CCn1nc(C)c(Br)c1CNc1cc(Cl)ccc1C. The maximum absolute atomic E-state index is 6.03. The first kappa shape index (κ1) is 14.4. The summed E-state index contributed by atoms with van der Waals surface area (Å²) in [6, 6.07) is 5.87. The summed E-state index contributed by atoms with van der Waals surface area (Å²) >= 11 is 9.62. The highest BCUT2D eigenvalue weighted by atomic mass is 79.9. The van der Waals surface area contributed by atoms with Crippen LogP contribution in [0.2, 0.25) is 5.02 Å². The zero-order chi connectivity index (χ0) is 14.0. The van der Waals surface area contributed by atoms with E-state index in [0.29, 0.717) is 0 Å². The van der Waals surface area contributed by atoms with Gasteiger partial charge >= 0.3 is 0 Å². The first-order valence-electron chi connectivity index (χ1n) is 6.24. The third-order valence-electron chi connectivity index (χ3n) is 3.10. The first-order valence-corrected chi connectivity index (χ1v) is 7.41. The molecule has 0 atom stereocenters. The van der Waals surface area contributed by atoms with Crippen LogP contribution >= 0.6 is 27.5 Å². The van der Waals surface area contributed by atoms with Crippen LogP contribution in [0.3, 0.4) is 0 Å². The van der Waals surface area contributed by atoms with Gasteiger partial charge in [0, 0.05) is 17.3 Å². The number of aromatic nitrogens is 2. The number of nitrogens with one attached hydrogen (secondary N) is 1. The molecule has 0 amide bonds. The molecule has 0 unspecified atom stereocenters. The molecule has 0 aliphatic carbocycles. The van der Waals surface area contributed by atoms with E-state index in [-0.39, 0.29) is 0 Å². The summed E-state index contributed by atoms with van der Waals surface area (Å²) in [5, 5.41) is 8.65. The molecular weight excluding hydrogens is 326 g/mol. The van der Waals surface area contributed by atoms with Gasteiger partial charge in [0.2, 0.25) is 0 Å². The maximum atomic E-state index is 6.03. The van der Waals surface area contributed by atoms with E-state index in [0.717, 1.165) is 39.7 Å². The van der Waals surface area contributed by atoms with Crippen LogP contribution in [-0.2, 0) is 13.1 Å². The summed E-state index contributed by atoms with van der Waals surface area (Å²) in [4.78, 5) is 0. The summed E-state index contributed by atoms with van der Waals surface area (Å²) in [7, 11) is 0. The van der Waals surface area contributed by atoms with Crippen molar-refractivity contribution in [3.63, 3.8) is 0 Å². The molecule has 0 fully saturated rings. The van der Waals surface area contributed by atoms with Gasteiger partial charge in [-0.2, -0.15) is 5.10 Å². The second-order valence-electron chi connectivity index (χ2n) is 4.47. The molecule has 19 heavy (non-hydrogen) atoms. The smallest absolute Gasteiger partial charge is 0.0739 e. The largest absolute Gasteiger partial charge is 0.379 e. The van der Waals surface area contributed by atoms with Crippen LogP contribution in [0.1, 0.15) is 23.9 Å². The number of nitrogens with zero attached hydrogens (tertiary/aromatic N) is 2. The van der Waals surface area contributed by atoms with Crippen molar-refractivity contribution in [1.29, 1.82) is 0 Å². The molecule has 3 nitrogen and oxygen atoms in total. The van der Waals surface area contributed by atoms with E-state index >= 15 is 0 Å². The number of anilines is 1. The summed E-state index contributed by atoms with van der Waals surface area (Å²) in [6.45, 7) is 7.74. The summed E-state index contributed by atoms with van der Waals surface area (Å²) in [5.74, 6) is 0. The Morgan fingerprint density at radius 2 is 2.11 bits per heavy atom. The van der Waals surface area contributed by atoms with Gasteiger partial charge in [-0.15, -0.1) is 0 Å². The van der Waals surface area contributed by atoms with Crippen LogP contribution in [0.15, 0.2) is 22.7 Å². The Balaban J connectivity index is 2.21. The van der Waals surface area contributed by atoms with Crippen molar-refractivity contribution < 1.29 is 0 Å². The Morgan fingerprint density at radius 3 is 2.79 bits per heavy atom. The van der Waals surface area contributed by atoms with E-state index in [1.165, 1.54) is 5.56 Å². The molecule has 0 bridgehead atoms. The maximum Gasteiger partial charge on any atom is 0.0739 e. The minimum atomic E-state index is 0.719. The van der Waals surface area contributed by atoms with Crippen LogP contribution in [-0.4, -0.2) is 9.78 Å². The van der Waals surface area contributed by atoms with E-state index in [2.05, 4.69) is 40.2 Å². The van der Waals surface area contributed by atoms with Gasteiger partial charge in [-0.1, -0.05) is 17.7 Å². The quantitative estimate of drug-likeness (QED) is 0.883. The lowest BCUT2D eigenvalue weighted by Gasteiger charge is -2.11. The Hall–Kier alpha value is -1.00. The third-order valence-corrected chi connectivity index (χ3v) is 4.37. The normalized spacial score (nSPS) is 10.8. The fourth-order valence-corrected chi connectivity index (χ4v) is 2.60. The van der Waals surface area contributed by atoms with Crippen LogP contribution in [0.25, 0.3) is 0 Å². The van der Waals surface area contributed by atoms with Crippen LogP contribution < -0.4 is 5.32 Å². The van der Waals surface area contributed by atoms with E-state index in [9.17, 15) is 0 Å². The Bertz CT molecular complexity index is 593. The number of benzene rings is 1. The molecule has 5 heteroatoms. The monoisotopic (exact) mass is 341 g/mol. The van der Waals surface area contributed by atoms with Crippen LogP contribution in [0.4, 0.5) is 5.69 Å². The van der Waals surface area contributed by atoms with Gasteiger partial charge in [0.15, 0.2) is 0 Å². The van der Waals surface area contributed by atoms with Crippen molar-refractivity contribution in [1.82, 2.24) is 9.78 Å². The fourth-order valence-electron chi connectivity index (χ4n) is 2.00. The molecule has 0 saturated heterocycles. The lowest BCUT2D eigenvalue weighted by molar-refractivity contribution is 0.622. The Kier molecular flexibility index (Phi) is 4.53. The van der Waals surface area contributed by atoms with E-state index < -0.39 is 0 Å². The molecule has 2 rings (SSSR count). The van der Waals surface area contributed by atoms with Gasteiger partial charge in [-0.05, 0) is 54.4 Å². The van der Waals surface area contributed by atoms with Gasteiger partial charge in [0.05, 0.1) is 22.4 Å². The van der Waals surface area contributed by atoms with Crippen molar-refractivity contribution >= 4 is 33.2 Å². The van der Waals surface area contributed by atoms with Gasteiger partial charge in [-0.3, -0.25) is 4.68 Å². The topological polar surface area (TPSA) is 29.9 Å². The average molecular weight is 343 g/mol. The molecule has 0 radical (unpaired) electrons. The Labute approximate surface area is 127 Å². The van der Waals surface area contributed by atoms with Crippen molar-refractivity contribution in [2.75, 3.05) is 5.32 Å². The predicted octanol–water partition coefficient (Wildman–Crippen LogP) is 4.55. The second kappa shape index (κ2) is 5.97. The van der Waals surface area contributed by atoms with E-state index in [1.807, 2.05) is 29.8 Å². The van der Waals surface area contributed by atoms with E-state index in [4.69, 9.17) is 11.6 Å². The molecule has 1 aromatic heterocycles. The molecule has 1 aromatic carbocycles. The van der Waals surface area contributed by atoms with Crippen molar-refractivity contribution in [2.45, 2.75) is 33.9 Å².